The van der Waals surface area contributed by atoms with E-state index in [2.05, 4.69) is 10.2 Å². The van der Waals surface area contributed by atoms with E-state index in [1.54, 1.807) is 24.3 Å². The molecule has 0 unspecified atom stereocenters. The molecular weight excluding hydrogens is 430 g/mol. The Kier molecular flexibility index (Phi) is 7.06. The van der Waals surface area contributed by atoms with Crippen LogP contribution in [0.25, 0.3) is 0 Å². The van der Waals surface area contributed by atoms with Gasteiger partial charge in [0, 0.05) is 29.5 Å². The molecule has 0 aromatic heterocycles. The monoisotopic (exact) mass is 453 g/mol. The predicted molar refractivity (Wildman–Crippen MR) is 118 cm³/mol. The van der Waals surface area contributed by atoms with Crippen LogP contribution >= 0.6 is 11.6 Å². The lowest BCUT2D eigenvalue weighted by molar-refractivity contribution is -0.114. The van der Waals surface area contributed by atoms with Gasteiger partial charge in [0.15, 0.2) is 0 Å². The van der Waals surface area contributed by atoms with Gasteiger partial charge in [-0.3, -0.25) is 9.10 Å². The third-order valence-corrected chi connectivity index (χ3v) is 5.99. The van der Waals surface area contributed by atoms with E-state index in [0.29, 0.717) is 29.7 Å². The van der Waals surface area contributed by atoms with E-state index in [1.165, 1.54) is 13.2 Å². The molecule has 10 heteroatoms. The molecular formula is C20H24ClN3O5S. The topological polar surface area (TPSA) is 88.2 Å². The molecule has 0 spiro atoms. The average Bonchev–Trinajstić information content (AvgIpc) is 2.72. The van der Waals surface area contributed by atoms with Crippen molar-refractivity contribution in [2.24, 2.45) is 0 Å². The SMILES string of the molecule is COc1ccc(Cl)cc1N(CC(=O)Nc1ccc(N2CCOCC2)cc1)S(C)(=O)=O. The zero-order valence-corrected chi connectivity index (χ0v) is 18.4. The van der Waals surface area contributed by atoms with E-state index < -0.39 is 22.5 Å². The molecule has 0 radical (unpaired) electrons. The number of halogens is 1. The number of morpholine rings is 1. The Balaban J connectivity index is 1.73. The lowest BCUT2D eigenvalue weighted by atomic mass is 10.2. The van der Waals surface area contributed by atoms with Crippen molar-refractivity contribution in [2.75, 3.05) is 60.7 Å². The van der Waals surface area contributed by atoms with Crippen LogP contribution in [0.5, 0.6) is 5.75 Å². The molecule has 3 rings (SSSR count). The van der Waals surface area contributed by atoms with Crippen LogP contribution in [-0.4, -0.2) is 60.5 Å². The minimum Gasteiger partial charge on any atom is -0.495 e. The average molecular weight is 454 g/mol. The van der Waals surface area contributed by atoms with Crippen LogP contribution in [0, 0.1) is 0 Å². The standard InChI is InChI=1S/C20H24ClN3O5S/c1-28-19-8-3-15(21)13-18(19)24(30(2,26)27)14-20(25)22-16-4-6-17(7-5-16)23-9-11-29-12-10-23/h3-8,13H,9-12,14H2,1-2H3,(H,22,25). The Labute approximate surface area is 181 Å². The smallest absolute Gasteiger partial charge is 0.245 e. The van der Waals surface area contributed by atoms with Crippen molar-refractivity contribution in [3.63, 3.8) is 0 Å². The Morgan fingerprint density at radius 2 is 1.87 bits per heavy atom. The molecule has 1 N–H and O–H groups in total. The molecule has 2 aromatic rings. The molecule has 1 heterocycles. The second kappa shape index (κ2) is 9.55. The molecule has 0 bridgehead atoms. The fraction of sp³-hybridized carbons (Fsp3) is 0.350. The van der Waals surface area contributed by atoms with Gasteiger partial charge in [0.2, 0.25) is 15.9 Å². The maximum absolute atomic E-state index is 12.6. The van der Waals surface area contributed by atoms with Gasteiger partial charge in [-0.15, -0.1) is 0 Å². The van der Waals surface area contributed by atoms with E-state index in [1.807, 2.05) is 12.1 Å². The van der Waals surface area contributed by atoms with Gasteiger partial charge in [0.05, 0.1) is 32.3 Å². The third kappa shape index (κ3) is 5.56. The first-order valence-electron chi connectivity index (χ1n) is 9.32. The lowest BCUT2D eigenvalue weighted by Crippen LogP contribution is -2.37. The Hall–Kier alpha value is -2.49. The number of amides is 1. The highest BCUT2D eigenvalue weighted by atomic mass is 35.5. The van der Waals surface area contributed by atoms with Gasteiger partial charge in [-0.05, 0) is 42.5 Å². The molecule has 1 fully saturated rings. The highest BCUT2D eigenvalue weighted by molar-refractivity contribution is 7.92. The molecule has 1 aliphatic heterocycles. The van der Waals surface area contributed by atoms with E-state index in [4.69, 9.17) is 21.1 Å². The largest absolute Gasteiger partial charge is 0.495 e. The normalized spacial score (nSPS) is 14.3. The number of ether oxygens (including phenoxy) is 2. The Morgan fingerprint density at radius 3 is 2.47 bits per heavy atom. The lowest BCUT2D eigenvalue weighted by Gasteiger charge is -2.29. The second-order valence-electron chi connectivity index (χ2n) is 6.78. The molecule has 1 aliphatic rings. The van der Waals surface area contributed by atoms with Gasteiger partial charge in [0.1, 0.15) is 12.3 Å². The van der Waals surface area contributed by atoms with Gasteiger partial charge in [-0.1, -0.05) is 11.6 Å². The minimum atomic E-state index is -3.76. The summed E-state index contributed by atoms with van der Waals surface area (Å²) in [5, 5.41) is 3.07. The minimum absolute atomic E-state index is 0.199. The summed E-state index contributed by atoms with van der Waals surface area (Å²) in [7, 11) is -2.34. The number of anilines is 3. The quantitative estimate of drug-likeness (QED) is 0.693. The first-order valence-corrected chi connectivity index (χ1v) is 11.5. The van der Waals surface area contributed by atoms with E-state index >= 15 is 0 Å². The highest BCUT2D eigenvalue weighted by Gasteiger charge is 2.24. The van der Waals surface area contributed by atoms with E-state index in [9.17, 15) is 13.2 Å². The number of carbonyl (C=O) groups excluding carboxylic acids is 1. The Morgan fingerprint density at radius 1 is 1.20 bits per heavy atom. The fourth-order valence-electron chi connectivity index (χ4n) is 3.15. The molecule has 0 atom stereocenters. The van der Waals surface area contributed by atoms with Crippen molar-refractivity contribution >= 4 is 44.6 Å². The number of hydrogen-bond donors (Lipinski definition) is 1. The van der Waals surface area contributed by atoms with Gasteiger partial charge < -0.3 is 19.7 Å². The molecule has 0 aliphatic carbocycles. The highest BCUT2D eigenvalue weighted by Crippen LogP contribution is 2.32. The maximum atomic E-state index is 12.6. The zero-order valence-electron chi connectivity index (χ0n) is 16.8. The first-order chi connectivity index (χ1) is 14.3. The van der Waals surface area contributed by atoms with Crippen molar-refractivity contribution < 1.29 is 22.7 Å². The van der Waals surface area contributed by atoms with Crippen molar-refractivity contribution in [1.82, 2.24) is 0 Å². The fourth-order valence-corrected chi connectivity index (χ4v) is 4.17. The molecule has 162 valence electrons. The third-order valence-electron chi connectivity index (χ3n) is 4.62. The maximum Gasteiger partial charge on any atom is 0.245 e. The molecule has 30 heavy (non-hydrogen) atoms. The summed E-state index contributed by atoms with van der Waals surface area (Å²) in [4.78, 5) is 14.8. The van der Waals surface area contributed by atoms with Crippen molar-refractivity contribution in [1.29, 1.82) is 0 Å². The number of hydrogen-bond acceptors (Lipinski definition) is 6. The van der Waals surface area contributed by atoms with Gasteiger partial charge >= 0.3 is 0 Å². The summed E-state index contributed by atoms with van der Waals surface area (Å²) >= 11 is 6.02. The van der Waals surface area contributed by atoms with Crippen LogP contribution < -0.4 is 19.3 Å². The number of methoxy groups -OCH3 is 1. The predicted octanol–water partition coefficient (Wildman–Crippen LogP) is 2.59. The van der Waals surface area contributed by atoms with Gasteiger partial charge in [0.25, 0.3) is 0 Å². The van der Waals surface area contributed by atoms with Crippen LogP contribution in [0.15, 0.2) is 42.5 Å². The second-order valence-corrected chi connectivity index (χ2v) is 9.12. The zero-order chi connectivity index (χ0) is 21.7. The van der Waals surface area contributed by atoms with Crippen LogP contribution in [0.2, 0.25) is 5.02 Å². The summed E-state index contributed by atoms with van der Waals surface area (Å²) in [5.74, 6) is -0.186. The molecule has 2 aromatic carbocycles. The summed E-state index contributed by atoms with van der Waals surface area (Å²) in [6, 6.07) is 12.0. The van der Waals surface area contributed by atoms with Crippen molar-refractivity contribution in [3.05, 3.63) is 47.5 Å². The summed E-state index contributed by atoms with van der Waals surface area (Å²) in [5.41, 5.74) is 1.81. The number of carbonyl (C=O) groups is 1. The Bertz CT molecular complexity index is 992. The number of sulfonamides is 1. The van der Waals surface area contributed by atoms with E-state index in [-0.39, 0.29) is 5.69 Å². The summed E-state index contributed by atoms with van der Waals surface area (Å²) in [6.07, 6.45) is 1.03. The van der Waals surface area contributed by atoms with Gasteiger partial charge in [-0.25, -0.2) is 8.42 Å². The van der Waals surface area contributed by atoms with Crippen molar-refractivity contribution in [3.8, 4) is 5.75 Å². The van der Waals surface area contributed by atoms with Crippen molar-refractivity contribution in [2.45, 2.75) is 0 Å². The molecule has 1 amide bonds. The summed E-state index contributed by atoms with van der Waals surface area (Å²) < 4.78 is 36.3. The van der Waals surface area contributed by atoms with Crippen LogP contribution in [-0.2, 0) is 19.6 Å². The number of rotatable bonds is 7. The number of nitrogens with zero attached hydrogens (tertiary/aromatic N) is 2. The molecule has 1 saturated heterocycles. The van der Waals surface area contributed by atoms with E-state index in [0.717, 1.165) is 29.3 Å². The van der Waals surface area contributed by atoms with Gasteiger partial charge in [-0.2, -0.15) is 0 Å². The molecule has 0 saturated carbocycles. The van der Waals surface area contributed by atoms with Crippen LogP contribution in [0.1, 0.15) is 0 Å². The first kappa shape index (κ1) is 22.2. The number of nitrogens with one attached hydrogen (secondary N) is 1. The van der Waals surface area contributed by atoms with Crippen LogP contribution in [0.3, 0.4) is 0 Å². The van der Waals surface area contributed by atoms with Crippen LogP contribution in [0.4, 0.5) is 17.1 Å². The number of benzene rings is 2. The summed E-state index contributed by atoms with van der Waals surface area (Å²) in [6.45, 7) is 2.59. The molecule has 8 nitrogen and oxygen atoms in total.